The average molecular weight is 347 g/mol. The number of nitrogens with zero attached hydrogens (tertiary/aromatic N) is 5. The average Bonchev–Trinajstić information content (AvgIpc) is 3.03. The highest BCUT2D eigenvalue weighted by molar-refractivity contribution is 6.05. The molecule has 0 atom stereocenters. The molecule has 1 aliphatic heterocycles. The summed E-state index contributed by atoms with van der Waals surface area (Å²) in [6, 6.07) is 5.59. The zero-order chi connectivity index (χ0) is 17.6. The molecule has 4 heterocycles. The van der Waals surface area contributed by atoms with Crippen LogP contribution in [0.5, 0.6) is 0 Å². The molecule has 128 valence electrons. The number of halogens is 3. The number of anilines is 1. The minimum absolute atomic E-state index is 0.0263. The molecule has 0 bridgehead atoms. The van der Waals surface area contributed by atoms with Gasteiger partial charge in [0.05, 0.1) is 11.4 Å². The molecule has 0 fully saturated rings. The highest BCUT2D eigenvalue weighted by atomic mass is 19.4. The highest BCUT2D eigenvalue weighted by Gasteiger charge is 2.35. The van der Waals surface area contributed by atoms with Gasteiger partial charge in [-0.3, -0.25) is 9.78 Å². The van der Waals surface area contributed by atoms with Crippen LogP contribution in [0.4, 0.5) is 18.9 Å². The molecular weight excluding hydrogens is 335 g/mol. The summed E-state index contributed by atoms with van der Waals surface area (Å²) in [5, 5.41) is 3.85. The van der Waals surface area contributed by atoms with Gasteiger partial charge in [-0.15, -0.1) is 0 Å². The van der Waals surface area contributed by atoms with Gasteiger partial charge in [0.15, 0.2) is 11.3 Å². The third-order valence-electron chi connectivity index (χ3n) is 4.06. The van der Waals surface area contributed by atoms with Crippen LogP contribution in [0, 0.1) is 0 Å². The van der Waals surface area contributed by atoms with Crippen LogP contribution >= 0.6 is 0 Å². The normalized spacial score (nSPS) is 14.6. The second-order valence-electron chi connectivity index (χ2n) is 5.66. The van der Waals surface area contributed by atoms with E-state index in [0.717, 1.165) is 30.8 Å². The molecule has 1 aliphatic rings. The van der Waals surface area contributed by atoms with Crippen LogP contribution in [-0.2, 0) is 12.6 Å². The fraction of sp³-hybridized carbons (Fsp3) is 0.250. The molecule has 3 aromatic heterocycles. The quantitative estimate of drug-likeness (QED) is 0.679. The maximum absolute atomic E-state index is 13.1. The van der Waals surface area contributed by atoms with Crippen molar-refractivity contribution in [3.05, 3.63) is 53.7 Å². The van der Waals surface area contributed by atoms with Gasteiger partial charge in [-0.05, 0) is 31.0 Å². The van der Waals surface area contributed by atoms with Gasteiger partial charge in [0.2, 0.25) is 0 Å². The van der Waals surface area contributed by atoms with E-state index < -0.39 is 17.8 Å². The molecular formula is C16H12F3N5O. The van der Waals surface area contributed by atoms with Crippen molar-refractivity contribution in [3.8, 4) is 0 Å². The summed E-state index contributed by atoms with van der Waals surface area (Å²) in [4.78, 5) is 22.4. The van der Waals surface area contributed by atoms with E-state index in [1.54, 1.807) is 18.3 Å². The second-order valence-corrected chi connectivity index (χ2v) is 5.66. The molecule has 0 saturated heterocycles. The van der Waals surface area contributed by atoms with Gasteiger partial charge in [-0.25, -0.2) is 9.50 Å². The lowest BCUT2D eigenvalue weighted by Gasteiger charge is -2.27. The SMILES string of the molecule is O=C(c1cc2nccc(C(F)(F)F)n2n1)N1CCCc2ncccc21. The zero-order valence-electron chi connectivity index (χ0n) is 12.9. The Bertz CT molecular complexity index is 966. The lowest BCUT2D eigenvalue weighted by molar-refractivity contribution is -0.142. The van der Waals surface area contributed by atoms with Crippen molar-refractivity contribution < 1.29 is 18.0 Å². The first kappa shape index (κ1) is 15.6. The molecule has 0 aromatic carbocycles. The number of rotatable bonds is 1. The molecule has 0 aliphatic carbocycles. The Labute approximate surface area is 139 Å². The Morgan fingerprint density at radius 1 is 1.16 bits per heavy atom. The third kappa shape index (κ3) is 2.61. The number of hydrogen-bond donors (Lipinski definition) is 0. The number of aromatic nitrogens is 4. The van der Waals surface area contributed by atoms with Crippen LogP contribution in [-0.4, -0.2) is 32.0 Å². The van der Waals surface area contributed by atoms with E-state index in [0.29, 0.717) is 16.7 Å². The Morgan fingerprint density at radius 2 is 2.00 bits per heavy atom. The summed E-state index contributed by atoms with van der Waals surface area (Å²) < 4.78 is 39.9. The number of fused-ring (bicyclic) bond motifs is 2. The van der Waals surface area contributed by atoms with Gasteiger partial charge in [0.1, 0.15) is 5.69 Å². The highest BCUT2D eigenvalue weighted by Crippen LogP contribution is 2.30. The molecule has 0 spiro atoms. The minimum Gasteiger partial charge on any atom is -0.305 e. The van der Waals surface area contributed by atoms with Crippen molar-refractivity contribution in [1.82, 2.24) is 19.6 Å². The molecule has 3 aromatic rings. The van der Waals surface area contributed by atoms with Crippen LogP contribution in [0.1, 0.15) is 28.3 Å². The summed E-state index contributed by atoms with van der Waals surface area (Å²) in [6.07, 6.45) is -0.402. The predicted molar refractivity (Wildman–Crippen MR) is 82.2 cm³/mol. The van der Waals surface area contributed by atoms with E-state index >= 15 is 0 Å². The molecule has 0 radical (unpaired) electrons. The maximum atomic E-state index is 13.1. The van der Waals surface area contributed by atoms with Gasteiger partial charge >= 0.3 is 6.18 Å². The molecule has 0 unspecified atom stereocenters. The molecule has 6 nitrogen and oxygen atoms in total. The number of carbonyl (C=O) groups is 1. The second kappa shape index (κ2) is 5.54. The first-order valence-electron chi connectivity index (χ1n) is 7.63. The number of amides is 1. The molecule has 4 rings (SSSR count). The Hall–Kier alpha value is -2.97. The molecule has 9 heteroatoms. The van der Waals surface area contributed by atoms with Gasteiger partial charge < -0.3 is 4.90 Å². The monoisotopic (exact) mass is 347 g/mol. The van der Waals surface area contributed by atoms with Crippen LogP contribution in [0.15, 0.2) is 36.7 Å². The minimum atomic E-state index is -4.59. The Morgan fingerprint density at radius 3 is 2.80 bits per heavy atom. The van der Waals surface area contributed by atoms with E-state index in [1.807, 2.05) is 0 Å². The molecule has 1 amide bonds. The smallest absolute Gasteiger partial charge is 0.305 e. The number of hydrogen-bond acceptors (Lipinski definition) is 4. The van der Waals surface area contributed by atoms with Gasteiger partial charge in [-0.2, -0.15) is 18.3 Å². The summed E-state index contributed by atoms with van der Waals surface area (Å²) in [6.45, 7) is 0.463. The lowest BCUT2D eigenvalue weighted by Crippen LogP contribution is -2.36. The number of alkyl halides is 3. The van der Waals surface area contributed by atoms with Crippen molar-refractivity contribution in [1.29, 1.82) is 0 Å². The molecule has 25 heavy (non-hydrogen) atoms. The molecule has 0 saturated carbocycles. The van der Waals surface area contributed by atoms with Crippen LogP contribution < -0.4 is 4.90 Å². The maximum Gasteiger partial charge on any atom is 0.433 e. The van der Waals surface area contributed by atoms with Gasteiger partial charge in [0.25, 0.3) is 5.91 Å². The van der Waals surface area contributed by atoms with E-state index in [4.69, 9.17) is 0 Å². The fourth-order valence-electron chi connectivity index (χ4n) is 2.96. The van der Waals surface area contributed by atoms with Crippen molar-refractivity contribution in [2.45, 2.75) is 19.0 Å². The van der Waals surface area contributed by atoms with Crippen molar-refractivity contribution in [2.75, 3.05) is 11.4 Å². The fourth-order valence-corrected chi connectivity index (χ4v) is 2.96. The van der Waals surface area contributed by atoms with E-state index in [2.05, 4.69) is 15.1 Å². The standard InChI is InChI=1S/C16H12F3N5O/c17-16(18,19)13-5-7-21-14-9-11(22-24(13)14)15(25)23-8-2-3-10-12(23)4-1-6-20-10/h1,4-7,9H,2-3,8H2. The first-order chi connectivity index (χ1) is 11.9. The number of aryl methyl sites for hydroxylation is 1. The first-order valence-corrected chi connectivity index (χ1v) is 7.63. The van der Waals surface area contributed by atoms with Gasteiger partial charge in [0, 0.05) is 25.0 Å². The number of carbonyl (C=O) groups excluding carboxylic acids is 1. The summed E-state index contributed by atoms with van der Waals surface area (Å²) in [5.74, 6) is -0.465. The predicted octanol–water partition coefficient (Wildman–Crippen LogP) is 2.74. The summed E-state index contributed by atoms with van der Waals surface area (Å²) in [7, 11) is 0. The summed E-state index contributed by atoms with van der Waals surface area (Å²) >= 11 is 0. The van der Waals surface area contributed by atoms with Crippen molar-refractivity contribution in [3.63, 3.8) is 0 Å². The van der Waals surface area contributed by atoms with E-state index in [9.17, 15) is 18.0 Å². The Balaban J connectivity index is 1.77. The van der Waals surface area contributed by atoms with Gasteiger partial charge in [-0.1, -0.05) is 0 Å². The van der Waals surface area contributed by atoms with Crippen LogP contribution in [0.2, 0.25) is 0 Å². The summed E-state index contributed by atoms with van der Waals surface area (Å²) in [5.41, 5.74) is 0.375. The van der Waals surface area contributed by atoms with Crippen molar-refractivity contribution >= 4 is 17.2 Å². The molecule has 0 N–H and O–H groups in total. The van der Waals surface area contributed by atoms with Crippen molar-refractivity contribution in [2.24, 2.45) is 0 Å². The Kier molecular flexibility index (Phi) is 3.45. The van der Waals surface area contributed by atoms with Crippen LogP contribution in [0.3, 0.4) is 0 Å². The zero-order valence-corrected chi connectivity index (χ0v) is 12.9. The largest absolute Gasteiger partial charge is 0.433 e. The topological polar surface area (TPSA) is 63.4 Å². The lowest BCUT2D eigenvalue weighted by atomic mass is 10.1. The third-order valence-corrected chi connectivity index (χ3v) is 4.06. The number of pyridine rings is 1. The van der Waals surface area contributed by atoms with Crippen LogP contribution in [0.25, 0.3) is 5.65 Å². The van der Waals surface area contributed by atoms with E-state index in [1.165, 1.54) is 11.0 Å². The van der Waals surface area contributed by atoms with E-state index in [-0.39, 0.29) is 11.3 Å².